The van der Waals surface area contributed by atoms with Crippen LogP contribution in [0.2, 0.25) is 0 Å². The molecule has 0 atom stereocenters. The van der Waals surface area contributed by atoms with Crippen molar-refractivity contribution < 1.29 is 12.8 Å². The summed E-state index contributed by atoms with van der Waals surface area (Å²) in [5, 5.41) is -0.131. The van der Waals surface area contributed by atoms with Gasteiger partial charge in [-0.2, -0.15) is 8.42 Å². The molecular formula is C10H11FN4O2S. The lowest BCUT2D eigenvalue weighted by Crippen LogP contribution is -2.14. The second-order valence-corrected chi connectivity index (χ2v) is 5.34. The molecule has 18 heavy (non-hydrogen) atoms. The number of nitrogens with one attached hydrogen (secondary N) is 1. The van der Waals surface area contributed by atoms with Crippen molar-refractivity contribution in [3.8, 4) is 0 Å². The lowest BCUT2D eigenvalue weighted by Gasteiger charge is -2.08. The fraction of sp³-hybridized carbons (Fsp3) is 0.100. The van der Waals surface area contributed by atoms with E-state index in [1.54, 1.807) is 7.05 Å². The highest BCUT2D eigenvalue weighted by atomic mass is 32.2. The molecule has 1 aromatic heterocycles. The molecule has 2 rings (SSSR count). The topological polar surface area (TPSA) is 90.0 Å². The molecule has 0 unspecified atom stereocenters. The Morgan fingerprint density at radius 3 is 2.72 bits per heavy atom. The van der Waals surface area contributed by atoms with Crippen LogP contribution in [0.25, 0.3) is 0 Å². The van der Waals surface area contributed by atoms with Gasteiger partial charge in [-0.25, -0.2) is 9.37 Å². The van der Waals surface area contributed by atoms with Gasteiger partial charge in [0.2, 0.25) is 0 Å². The first-order valence-electron chi connectivity index (χ1n) is 4.94. The van der Waals surface area contributed by atoms with Crippen LogP contribution in [-0.2, 0) is 17.1 Å². The van der Waals surface area contributed by atoms with E-state index in [1.807, 2.05) is 0 Å². The first-order chi connectivity index (χ1) is 8.38. The van der Waals surface area contributed by atoms with Crippen LogP contribution in [0.15, 0.2) is 35.7 Å². The SMILES string of the molecule is Cn1cnc(S(=O)(=O)Nc2ccc(F)cc2N)c1. The van der Waals surface area contributed by atoms with Gasteiger partial charge >= 0.3 is 0 Å². The first kappa shape index (κ1) is 12.4. The van der Waals surface area contributed by atoms with Gasteiger partial charge in [0.15, 0.2) is 5.03 Å². The van der Waals surface area contributed by atoms with E-state index in [-0.39, 0.29) is 16.4 Å². The zero-order valence-electron chi connectivity index (χ0n) is 9.46. The number of benzene rings is 1. The highest BCUT2D eigenvalue weighted by Crippen LogP contribution is 2.22. The molecule has 0 amide bonds. The Hall–Kier alpha value is -2.09. The largest absolute Gasteiger partial charge is 0.397 e. The van der Waals surface area contributed by atoms with Gasteiger partial charge in [-0.3, -0.25) is 4.72 Å². The van der Waals surface area contributed by atoms with E-state index in [0.717, 1.165) is 12.1 Å². The number of imidazole rings is 1. The van der Waals surface area contributed by atoms with Gasteiger partial charge in [0.05, 0.1) is 17.7 Å². The van der Waals surface area contributed by atoms with Crippen LogP contribution >= 0.6 is 0 Å². The zero-order valence-corrected chi connectivity index (χ0v) is 10.3. The molecule has 0 saturated carbocycles. The smallest absolute Gasteiger partial charge is 0.281 e. The number of halogens is 1. The fourth-order valence-electron chi connectivity index (χ4n) is 1.35. The van der Waals surface area contributed by atoms with Gasteiger partial charge < -0.3 is 10.3 Å². The van der Waals surface area contributed by atoms with E-state index in [1.165, 1.54) is 23.2 Å². The highest BCUT2D eigenvalue weighted by molar-refractivity contribution is 7.92. The van der Waals surface area contributed by atoms with Crippen LogP contribution in [0, 0.1) is 5.82 Å². The minimum Gasteiger partial charge on any atom is -0.397 e. The number of anilines is 2. The summed E-state index contributed by atoms with van der Waals surface area (Å²) in [5.74, 6) is -0.534. The first-order valence-corrected chi connectivity index (χ1v) is 6.42. The van der Waals surface area contributed by atoms with Gasteiger partial charge in [0, 0.05) is 13.2 Å². The summed E-state index contributed by atoms with van der Waals surface area (Å²) in [7, 11) is -2.16. The molecule has 1 heterocycles. The fourth-order valence-corrected chi connectivity index (χ4v) is 2.42. The molecule has 0 aliphatic heterocycles. The van der Waals surface area contributed by atoms with Crippen molar-refractivity contribution >= 4 is 21.4 Å². The van der Waals surface area contributed by atoms with E-state index >= 15 is 0 Å². The lowest BCUT2D eigenvalue weighted by atomic mass is 10.3. The highest BCUT2D eigenvalue weighted by Gasteiger charge is 2.18. The van der Waals surface area contributed by atoms with E-state index in [2.05, 4.69) is 9.71 Å². The third-order valence-electron chi connectivity index (χ3n) is 2.21. The lowest BCUT2D eigenvalue weighted by molar-refractivity contribution is 0.598. The molecule has 3 N–H and O–H groups in total. The quantitative estimate of drug-likeness (QED) is 0.812. The average molecular weight is 270 g/mol. The summed E-state index contributed by atoms with van der Waals surface area (Å²) in [6, 6.07) is 3.41. The van der Waals surface area contributed by atoms with Crippen molar-refractivity contribution in [3.63, 3.8) is 0 Å². The van der Waals surface area contributed by atoms with E-state index < -0.39 is 15.8 Å². The molecule has 0 aliphatic carbocycles. The van der Waals surface area contributed by atoms with Gasteiger partial charge in [-0.15, -0.1) is 0 Å². The Balaban J connectivity index is 2.33. The minimum atomic E-state index is -3.81. The summed E-state index contributed by atoms with van der Waals surface area (Å²) in [6.07, 6.45) is 2.71. The van der Waals surface area contributed by atoms with Crippen LogP contribution in [0.4, 0.5) is 15.8 Å². The Bertz CT molecular complexity index is 681. The van der Waals surface area contributed by atoms with Crippen LogP contribution in [0.3, 0.4) is 0 Å². The number of aryl methyl sites for hydroxylation is 1. The molecule has 0 fully saturated rings. The Morgan fingerprint density at radius 2 is 2.17 bits per heavy atom. The number of hydrogen-bond acceptors (Lipinski definition) is 4. The number of nitrogens with two attached hydrogens (primary N) is 1. The van der Waals surface area contributed by atoms with Crippen molar-refractivity contribution in [1.29, 1.82) is 0 Å². The molecule has 0 radical (unpaired) electrons. The van der Waals surface area contributed by atoms with Gasteiger partial charge in [-0.1, -0.05) is 0 Å². The molecule has 2 aromatic rings. The van der Waals surface area contributed by atoms with Gasteiger partial charge in [0.25, 0.3) is 10.0 Å². The van der Waals surface area contributed by atoms with Gasteiger partial charge in [-0.05, 0) is 18.2 Å². The number of rotatable bonds is 3. The summed E-state index contributed by atoms with van der Waals surface area (Å²) in [5.41, 5.74) is 5.64. The standard InChI is InChI=1S/C10H11FN4O2S/c1-15-5-10(13-6-15)18(16,17)14-9-3-2-7(11)4-8(9)12/h2-6,14H,12H2,1H3. The number of sulfonamides is 1. The Morgan fingerprint density at radius 1 is 1.44 bits per heavy atom. The molecule has 1 aromatic carbocycles. The third kappa shape index (κ3) is 2.43. The van der Waals surface area contributed by atoms with Crippen molar-refractivity contribution in [1.82, 2.24) is 9.55 Å². The molecule has 8 heteroatoms. The molecule has 6 nitrogen and oxygen atoms in total. The molecule has 96 valence electrons. The van der Waals surface area contributed by atoms with Crippen LogP contribution in [0.1, 0.15) is 0 Å². The summed E-state index contributed by atoms with van der Waals surface area (Å²) >= 11 is 0. The van der Waals surface area contributed by atoms with E-state index in [4.69, 9.17) is 5.73 Å². The minimum absolute atomic E-state index is 0.00880. The maximum atomic E-state index is 12.8. The predicted octanol–water partition coefficient (Wildman–Crippen LogP) is 0.942. The van der Waals surface area contributed by atoms with Crippen molar-refractivity contribution in [2.45, 2.75) is 5.03 Å². The predicted molar refractivity (Wildman–Crippen MR) is 64.8 cm³/mol. The summed E-state index contributed by atoms with van der Waals surface area (Å²) < 4.78 is 40.4. The summed E-state index contributed by atoms with van der Waals surface area (Å²) in [4.78, 5) is 3.73. The maximum Gasteiger partial charge on any atom is 0.281 e. The Kier molecular flexibility index (Phi) is 2.95. The van der Waals surface area contributed by atoms with Crippen LogP contribution in [-0.4, -0.2) is 18.0 Å². The number of nitrogens with zero attached hydrogens (tertiary/aromatic N) is 2. The monoisotopic (exact) mass is 270 g/mol. The maximum absolute atomic E-state index is 12.8. The van der Waals surface area contributed by atoms with Crippen LogP contribution in [0.5, 0.6) is 0 Å². The van der Waals surface area contributed by atoms with Crippen molar-refractivity contribution in [2.75, 3.05) is 10.5 Å². The van der Waals surface area contributed by atoms with E-state index in [9.17, 15) is 12.8 Å². The normalized spacial score (nSPS) is 11.4. The summed E-state index contributed by atoms with van der Waals surface area (Å²) in [6.45, 7) is 0. The zero-order chi connectivity index (χ0) is 13.3. The van der Waals surface area contributed by atoms with Crippen molar-refractivity contribution in [3.05, 3.63) is 36.5 Å². The number of hydrogen-bond donors (Lipinski definition) is 2. The van der Waals surface area contributed by atoms with Gasteiger partial charge in [0.1, 0.15) is 5.82 Å². The van der Waals surface area contributed by atoms with E-state index in [0.29, 0.717) is 0 Å². The second kappa shape index (κ2) is 4.30. The average Bonchev–Trinajstić information content (AvgIpc) is 2.70. The molecule has 0 aliphatic rings. The molecule has 0 bridgehead atoms. The van der Waals surface area contributed by atoms with Crippen LogP contribution < -0.4 is 10.5 Å². The third-order valence-corrected chi connectivity index (χ3v) is 3.46. The number of nitrogen functional groups attached to an aromatic ring is 1. The number of aromatic nitrogens is 2. The van der Waals surface area contributed by atoms with Crippen molar-refractivity contribution in [2.24, 2.45) is 7.05 Å². The Labute approximate surface area is 103 Å². The second-order valence-electron chi connectivity index (χ2n) is 3.71. The molecule has 0 saturated heterocycles. The molecular weight excluding hydrogens is 259 g/mol. The molecule has 0 spiro atoms.